The van der Waals surface area contributed by atoms with Crippen LogP contribution in [-0.2, 0) is 4.74 Å². The van der Waals surface area contributed by atoms with Crippen molar-refractivity contribution in [3.05, 3.63) is 26.9 Å². The Morgan fingerprint density at radius 3 is 2.85 bits per heavy atom. The first-order valence-electron chi connectivity index (χ1n) is 6.38. The minimum absolute atomic E-state index is 0.202. The van der Waals surface area contributed by atoms with Crippen LogP contribution in [0, 0.1) is 11.7 Å². The van der Waals surface area contributed by atoms with Crippen LogP contribution < -0.4 is 5.56 Å². The number of hydrogen-bond acceptors (Lipinski definition) is 6. The van der Waals surface area contributed by atoms with E-state index in [4.69, 9.17) is 17.0 Å². The third kappa shape index (κ3) is 2.99. The summed E-state index contributed by atoms with van der Waals surface area (Å²) in [6.45, 7) is 1.23. The Balaban J connectivity index is 2.35. The molecule has 0 saturated carbocycles. The van der Waals surface area contributed by atoms with Crippen LogP contribution in [0.25, 0.3) is 0 Å². The second-order valence-corrected chi connectivity index (χ2v) is 5.31. The number of aromatic amines is 1. The number of H-pyrrole nitrogens is 1. The van der Waals surface area contributed by atoms with E-state index in [1.165, 1.54) is 0 Å². The molecule has 1 saturated heterocycles. The number of aromatic nitrogens is 2. The number of aryl methyl sites for hydroxylation is 1. The molecule has 112 valence electrons. The summed E-state index contributed by atoms with van der Waals surface area (Å²) in [7, 11) is 0. The lowest BCUT2D eigenvalue weighted by molar-refractivity contribution is -0.129. The predicted octanol–water partition coefficient (Wildman–Crippen LogP) is -0.394. The number of nitrogens with one attached hydrogen (secondary N) is 1. The van der Waals surface area contributed by atoms with Gasteiger partial charge in [-0.25, -0.2) is 0 Å². The van der Waals surface area contributed by atoms with E-state index in [1.54, 1.807) is 17.7 Å². The normalized spacial score (nSPS) is 31.0. The summed E-state index contributed by atoms with van der Waals surface area (Å²) in [4.78, 5) is 14.0. The lowest BCUT2D eigenvalue weighted by Crippen LogP contribution is -2.39. The molecule has 2 rings (SSSR count). The first-order valence-corrected chi connectivity index (χ1v) is 6.79. The van der Waals surface area contributed by atoms with E-state index in [0.29, 0.717) is 18.4 Å². The maximum Gasteiger partial charge on any atom is 0.254 e. The number of aliphatic hydroxyl groups excluding tert-OH is 3. The van der Waals surface area contributed by atoms with Crippen LogP contribution in [0.5, 0.6) is 0 Å². The van der Waals surface area contributed by atoms with Gasteiger partial charge < -0.3 is 20.1 Å². The topological polar surface area (TPSA) is 108 Å². The van der Waals surface area contributed by atoms with Gasteiger partial charge in [0.2, 0.25) is 0 Å². The summed E-state index contributed by atoms with van der Waals surface area (Å²) in [6, 6.07) is 0. The van der Waals surface area contributed by atoms with Crippen LogP contribution in [0.4, 0.5) is 0 Å². The summed E-state index contributed by atoms with van der Waals surface area (Å²) in [5.41, 5.74) is 0.215. The quantitative estimate of drug-likeness (QED) is 0.554. The highest BCUT2D eigenvalue weighted by Crippen LogP contribution is 2.26. The molecule has 0 spiro atoms. The Bertz CT molecular complexity index is 584. The van der Waals surface area contributed by atoms with E-state index in [9.17, 15) is 20.1 Å². The summed E-state index contributed by atoms with van der Waals surface area (Å²) >= 11 is 5.10. The Hall–Kier alpha value is -1.06. The number of nitrogens with zero attached hydrogens (tertiary/aromatic N) is 1. The van der Waals surface area contributed by atoms with Crippen molar-refractivity contribution in [1.82, 2.24) is 9.55 Å². The van der Waals surface area contributed by atoms with Gasteiger partial charge in [0.15, 0.2) is 4.77 Å². The molecule has 1 aliphatic heterocycles. The second-order valence-electron chi connectivity index (χ2n) is 4.93. The zero-order valence-corrected chi connectivity index (χ0v) is 11.8. The average Bonchev–Trinajstić information content (AvgIpc) is 2.55. The van der Waals surface area contributed by atoms with E-state index in [1.807, 2.05) is 0 Å². The second kappa shape index (κ2) is 6.15. The van der Waals surface area contributed by atoms with Crippen molar-refractivity contribution >= 4 is 12.2 Å². The fourth-order valence-electron chi connectivity index (χ4n) is 2.24. The first kappa shape index (κ1) is 15.3. The van der Waals surface area contributed by atoms with Crippen LogP contribution >= 0.6 is 12.2 Å². The maximum absolute atomic E-state index is 11.5. The molecular weight excluding hydrogens is 284 g/mol. The number of rotatable bonds is 2. The van der Waals surface area contributed by atoms with Gasteiger partial charge in [-0.05, 0) is 32.0 Å². The Morgan fingerprint density at radius 1 is 1.50 bits per heavy atom. The summed E-state index contributed by atoms with van der Waals surface area (Å²) in [6.07, 6.45) is -1.27. The largest absolute Gasteiger partial charge is 0.394 e. The summed E-state index contributed by atoms with van der Waals surface area (Å²) < 4.78 is 7.39. The molecule has 1 aromatic rings. The number of hydrogen-bond donors (Lipinski definition) is 4. The Kier molecular flexibility index (Phi) is 4.71. The number of aliphatic hydroxyl groups is 3. The van der Waals surface area contributed by atoms with Crippen molar-refractivity contribution in [2.45, 2.75) is 44.3 Å². The van der Waals surface area contributed by atoms with Crippen LogP contribution in [0.2, 0.25) is 0 Å². The lowest BCUT2D eigenvalue weighted by Gasteiger charge is -2.25. The molecule has 8 heteroatoms. The smallest absolute Gasteiger partial charge is 0.254 e. The fraction of sp³-hybridized carbons (Fsp3) is 0.667. The Morgan fingerprint density at radius 2 is 2.20 bits per heavy atom. The predicted molar refractivity (Wildman–Crippen MR) is 72.9 cm³/mol. The van der Waals surface area contributed by atoms with Gasteiger partial charge in [-0.15, -0.1) is 0 Å². The minimum atomic E-state index is -1.15. The average molecular weight is 302 g/mol. The third-order valence-electron chi connectivity index (χ3n) is 3.45. The molecule has 1 aliphatic rings. The van der Waals surface area contributed by atoms with Crippen molar-refractivity contribution < 1.29 is 20.1 Å². The van der Waals surface area contributed by atoms with E-state index in [-0.39, 0.29) is 10.3 Å². The number of ether oxygens (including phenoxy) is 1. The van der Waals surface area contributed by atoms with Crippen LogP contribution in [0.3, 0.4) is 0 Å². The monoisotopic (exact) mass is 302 g/mol. The molecular formula is C12H18N2O5S. The van der Waals surface area contributed by atoms with Crippen molar-refractivity contribution in [3.63, 3.8) is 0 Å². The molecule has 0 aromatic carbocycles. The third-order valence-corrected chi connectivity index (χ3v) is 3.77. The molecule has 20 heavy (non-hydrogen) atoms. The summed E-state index contributed by atoms with van der Waals surface area (Å²) in [5.74, 6) is 0. The SMILES string of the molecule is Cc1cn(C2CC[C@H](O)[C@H](O)[C@@H](CO)O2)c(=S)[nH]c1=O. The van der Waals surface area contributed by atoms with E-state index in [2.05, 4.69) is 4.98 Å². The molecule has 2 heterocycles. The lowest BCUT2D eigenvalue weighted by atomic mass is 10.1. The van der Waals surface area contributed by atoms with Gasteiger partial charge >= 0.3 is 0 Å². The molecule has 0 aliphatic carbocycles. The van der Waals surface area contributed by atoms with Gasteiger partial charge in [0.05, 0.1) is 12.7 Å². The zero-order valence-electron chi connectivity index (χ0n) is 11.0. The van der Waals surface area contributed by atoms with Crippen LogP contribution in [-0.4, -0.2) is 49.8 Å². The fourth-order valence-corrected chi connectivity index (χ4v) is 2.50. The molecule has 1 fully saturated rings. The highest BCUT2D eigenvalue weighted by Gasteiger charge is 2.33. The highest BCUT2D eigenvalue weighted by atomic mass is 32.1. The van der Waals surface area contributed by atoms with Crippen molar-refractivity contribution in [2.24, 2.45) is 0 Å². The van der Waals surface area contributed by atoms with Gasteiger partial charge in [-0.3, -0.25) is 14.3 Å². The molecule has 4 N–H and O–H groups in total. The molecule has 0 radical (unpaired) electrons. The molecule has 4 atom stereocenters. The van der Waals surface area contributed by atoms with E-state index >= 15 is 0 Å². The zero-order chi connectivity index (χ0) is 14.9. The highest BCUT2D eigenvalue weighted by molar-refractivity contribution is 7.71. The van der Waals surface area contributed by atoms with Gasteiger partial charge in [-0.2, -0.15) is 0 Å². The standard InChI is InChI=1S/C12H18N2O5S/c1-6-4-14(12(20)13-11(6)18)9-3-2-7(16)10(17)8(5-15)19-9/h4,7-10,15-17H,2-3,5H2,1H3,(H,13,18,20)/t7-,8+,9?,10-/m0/s1. The van der Waals surface area contributed by atoms with Gasteiger partial charge in [0.1, 0.15) is 18.4 Å². The van der Waals surface area contributed by atoms with Crippen LogP contribution in [0.1, 0.15) is 24.6 Å². The van der Waals surface area contributed by atoms with Gasteiger partial charge in [0.25, 0.3) is 5.56 Å². The van der Waals surface area contributed by atoms with E-state index < -0.39 is 31.1 Å². The van der Waals surface area contributed by atoms with Gasteiger partial charge in [-0.1, -0.05) is 0 Å². The first-order chi connectivity index (χ1) is 9.43. The van der Waals surface area contributed by atoms with Crippen molar-refractivity contribution in [2.75, 3.05) is 6.61 Å². The maximum atomic E-state index is 11.5. The minimum Gasteiger partial charge on any atom is -0.394 e. The van der Waals surface area contributed by atoms with Gasteiger partial charge in [0, 0.05) is 11.8 Å². The van der Waals surface area contributed by atoms with Crippen molar-refractivity contribution in [1.29, 1.82) is 0 Å². The molecule has 1 aromatic heterocycles. The molecule has 0 bridgehead atoms. The van der Waals surface area contributed by atoms with E-state index in [0.717, 1.165) is 0 Å². The van der Waals surface area contributed by atoms with Crippen molar-refractivity contribution in [3.8, 4) is 0 Å². The van der Waals surface area contributed by atoms with Crippen LogP contribution in [0.15, 0.2) is 11.0 Å². The molecule has 1 unspecified atom stereocenters. The molecule has 7 nitrogen and oxygen atoms in total. The summed E-state index contributed by atoms with van der Waals surface area (Å²) in [5, 5.41) is 28.8. The molecule has 0 amide bonds. The Labute approximate surface area is 120 Å².